The first-order valence-corrected chi connectivity index (χ1v) is 10.2. The van der Waals surface area contributed by atoms with E-state index in [-0.39, 0.29) is 24.0 Å². The highest BCUT2D eigenvalue weighted by molar-refractivity contribution is 14.0. The number of anilines is 1. The third-order valence-electron chi connectivity index (χ3n) is 5.32. The van der Waals surface area contributed by atoms with Crippen LogP contribution >= 0.6 is 24.0 Å². The van der Waals surface area contributed by atoms with Crippen molar-refractivity contribution in [3.8, 4) is 11.4 Å². The quantitative estimate of drug-likeness (QED) is 0.310. The molecule has 1 fully saturated rings. The third kappa shape index (κ3) is 5.69. The van der Waals surface area contributed by atoms with Crippen molar-refractivity contribution in [3.63, 3.8) is 0 Å². The van der Waals surface area contributed by atoms with Crippen molar-refractivity contribution >= 4 is 35.6 Å². The maximum atomic E-state index is 5.22. The van der Waals surface area contributed by atoms with Crippen LogP contribution in [0.3, 0.4) is 0 Å². The number of halogens is 1. The lowest BCUT2D eigenvalue weighted by Crippen LogP contribution is -2.52. The standard InChI is InChI=1S/C23H28N6O.HI/c1-24-23(28-16-14-27(15-17-28)20-6-4-3-5-7-20)25-18-19-12-13-29(26-19)21-8-10-22(30-2)11-9-21;/h3-13H,14-18H2,1-2H3,(H,24,25);1H. The summed E-state index contributed by atoms with van der Waals surface area (Å²) >= 11 is 0. The average molecular weight is 532 g/mol. The summed E-state index contributed by atoms with van der Waals surface area (Å²) in [5.74, 6) is 1.76. The summed E-state index contributed by atoms with van der Waals surface area (Å²) in [4.78, 5) is 9.20. The molecule has 1 saturated heterocycles. The zero-order chi connectivity index (χ0) is 20.8. The Bertz CT molecular complexity index is 965. The molecule has 1 N–H and O–H groups in total. The summed E-state index contributed by atoms with van der Waals surface area (Å²) in [5.41, 5.74) is 3.25. The van der Waals surface area contributed by atoms with E-state index in [9.17, 15) is 0 Å². The van der Waals surface area contributed by atoms with Crippen LogP contribution in [-0.2, 0) is 6.54 Å². The molecule has 8 heteroatoms. The molecule has 0 radical (unpaired) electrons. The van der Waals surface area contributed by atoms with Gasteiger partial charge in [0.25, 0.3) is 0 Å². The fourth-order valence-electron chi connectivity index (χ4n) is 3.65. The largest absolute Gasteiger partial charge is 0.497 e. The molecule has 164 valence electrons. The number of ether oxygens (including phenoxy) is 1. The molecule has 0 unspecified atom stereocenters. The highest BCUT2D eigenvalue weighted by atomic mass is 127. The molecular weight excluding hydrogens is 503 g/mol. The zero-order valence-electron chi connectivity index (χ0n) is 17.9. The van der Waals surface area contributed by atoms with Gasteiger partial charge >= 0.3 is 0 Å². The number of methoxy groups -OCH3 is 1. The van der Waals surface area contributed by atoms with E-state index in [0.29, 0.717) is 6.54 Å². The van der Waals surface area contributed by atoms with Gasteiger partial charge in [-0.15, -0.1) is 24.0 Å². The number of piperazine rings is 1. The van der Waals surface area contributed by atoms with Crippen LogP contribution in [0, 0.1) is 0 Å². The van der Waals surface area contributed by atoms with Gasteiger partial charge in [-0.2, -0.15) is 5.10 Å². The van der Waals surface area contributed by atoms with Crippen LogP contribution < -0.4 is 15.0 Å². The Kier molecular flexibility index (Phi) is 8.16. The SMILES string of the molecule is CN=C(NCc1ccn(-c2ccc(OC)cc2)n1)N1CCN(c2ccccc2)CC1.I. The van der Waals surface area contributed by atoms with E-state index < -0.39 is 0 Å². The van der Waals surface area contributed by atoms with E-state index in [1.54, 1.807) is 7.11 Å². The topological polar surface area (TPSA) is 57.9 Å². The van der Waals surface area contributed by atoms with Crippen LogP contribution in [0.1, 0.15) is 5.69 Å². The van der Waals surface area contributed by atoms with E-state index in [1.807, 2.05) is 48.3 Å². The van der Waals surface area contributed by atoms with Crippen molar-refractivity contribution in [2.45, 2.75) is 6.54 Å². The lowest BCUT2D eigenvalue weighted by molar-refractivity contribution is 0.372. The lowest BCUT2D eigenvalue weighted by Gasteiger charge is -2.37. The monoisotopic (exact) mass is 532 g/mol. The molecule has 2 heterocycles. The number of aromatic nitrogens is 2. The molecule has 31 heavy (non-hydrogen) atoms. The highest BCUT2D eigenvalue weighted by Gasteiger charge is 2.19. The molecule has 0 aliphatic carbocycles. The van der Waals surface area contributed by atoms with Crippen molar-refractivity contribution < 1.29 is 4.74 Å². The second-order valence-electron chi connectivity index (χ2n) is 7.16. The van der Waals surface area contributed by atoms with Crippen molar-refractivity contribution in [1.29, 1.82) is 0 Å². The average Bonchev–Trinajstić information content (AvgIpc) is 3.29. The van der Waals surface area contributed by atoms with E-state index in [1.165, 1.54) is 5.69 Å². The molecule has 0 saturated carbocycles. The molecule has 7 nitrogen and oxygen atoms in total. The first-order valence-electron chi connectivity index (χ1n) is 10.2. The van der Waals surface area contributed by atoms with Gasteiger partial charge in [-0.25, -0.2) is 4.68 Å². The van der Waals surface area contributed by atoms with E-state index >= 15 is 0 Å². The Balaban J connectivity index is 0.00000272. The van der Waals surface area contributed by atoms with Crippen LogP contribution in [-0.4, -0.2) is 61.0 Å². The Labute approximate surface area is 200 Å². The molecule has 1 aliphatic rings. The Morgan fingerprint density at radius 1 is 0.968 bits per heavy atom. The lowest BCUT2D eigenvalue weighted by atomic mass is 10.2. The molecule has 4 rings (SSSR count). The summed E-state index contributed by atoms with van der Waals surface area (Å²) in [6.45, 7) is 4.48. The van der Waals surface area contributed by atoms with Gasteiger partial charge in [0.15, 0.2) is 5.96 Å². The second-order valence-corrected chi connectivity index (χ2v) is 7.16. The van der Waals surface area contributed by atoms with Crippen LogP contribution in [0.15, 0.2) is 71.9 Å². The van der Waals surface area contributed by atoms with Crippen LogP contribution in [0.2, 0.25) is 0 Å². The molecular formula is C23H29IN6O. The number of nitrogens with zero attached hydrogens (tertiary/aromatic N) is 5. The smallest absolute Gasteiger partial charge is 0.194 e. The number of rotatable bonds is 5. The minimum Gasteiger partial charge on any atom is -0.497 e. The number of hydrogen-bond acceptors (Lipinski definition) is 4. The molecule has 1 aromatic heterocycles. The van der Waals surface area contributed by atoms with E-state index in [2.05, 4.69) is 55.5 Å². The van der Waals surface area contributed by atoms with Crippen molar-refractivity contribution in [2.75, 3.05) is 45.2 Å². The second kappa shape index (κ2) is 11.0. The third-order valence-corrected chi connectivity index (χ3v) is 5.32. The summed E-state index contributed by atoms with van der Waals surface area (Å²) in [6, 6.07) is 20.5. The number of guanidine groups is 1. The Hall–Kier alpha value is -2.75. The molecule has 0 bridgehead atoms. The first kappa shape index (κ1) is 22.9. The van der Waals surface area contributed by atoms with Gasteiger partial charge in [0.2, 0.25) is 0 Å². The van der Waals surface area contributed by atoms with Crippen LogP contribution in [0.25, 0.3) is 5.69 Å². The highest BCUT2D eigenvalue weighted by Crippen LogP contribution is 2.16. The fraction of sp³-hybridized carbons (Fsp3) is 0.304. The molecule has 3 aromatic rings. The summed E-state index contributed by atoms with van der Waals surface area (Å²) in [5, 5.41) is 8.13. The van der Waals surface area contributed by atoms with Crippen molar-refractivity contribution in [3.05, 3.63) is 72.6 Å². The minimum absolute atomic E-state index is 0. The van der Waals surface area contributed by atoms with E-state index in [0.717, 1.165) is 49.3 Å². The van der Waals surface area contributed by atoms with Gasteiger partial charge in [0.05, 0.1) is 25.0 Å². The maximum absolute atomic E-state index is 5.22. The van der Waals surface area contributed by atoms with Crippen molar-refractivity contribution in [2.24, 2.45) is 4.99 Å². The molecule has 0 atom stereocenters. The van der Waals surface area contributed by atoms with E-state index in [4.69, 9.17) is 4.74 Å². The number of aliphatic imine (C=N–C) groups is 1. The molecule has 0 amide bonds. The molecule has 2 aromatic carbocycles. The molecule has 0 spiro atoms. The summed E-state index contributed by atoms with van der Waals surface area (Å²) < 4.78 is 7.09. The normalized spacial score (nSPS) is 14.2. The number of hydrogen-bond donors (Lipinski definition) is 1. The molecule has 1 aliphatic heterocycles. The number of benzene rings is 2. The van der Waals surface area contributed by atoms with Crippen LogP contribution in [0.4, 0.5) is 5.69 Å². The van der Waals surface area contributed by atoms with Crippen LogP contribution in [0.5, 0.6) is 5.75 Å². The fourth-order valence-corrected chi connectivity index (χ4v) is 3.65. The summed E-state index contributed by atoms with van der Waals surface area (Å²) in [7, 11) is 3.50. The predicted octanol–water partition coefficient (Wildman–Crippen LogP) is 3.40. The first-order chi connectivity index (χ1) is 14.8. The van der Waals surface area contributed by atoms with Gasteiger partial charge in [0, 0.05) is 45.1 Å². The Morgan fingerprint density at radius 2 is 1.68 bits per heavy atom. The maximum Gasteiger partial charge on any atom is 0.194 e. The van der Waals surface area contributed by atoms with Gasteiger partial charge in [-0.05, 0) is 42.5 Å². The van der Waals surface area contributed by atoms with Gasteiger partial charge in [0.1, 0.15) is 5.75 Å². The summed E-state index contributed by atoms with van der Waals surface area (Å²) in [6.07, 6.45) is 1.97. The van der Waals surface area contributed by atoms with Crippen molar-refractivity contribution in [1.82, 2.24) is 20.0 Å². The van der Waals surface area contributed by atoms with Gasteiger partial charge in [-0.3, -0.25) is 4.99 Å². The zero-order valence-corrected chi connectivity index (χ0v) is 20.3. The Morgan fingerprint density at radius 3 is 2.32 bits per heavy atom. The van der Waals surface area contributed by atoms with Gasteiger partial charge in [-0.1, -0.05) is 18.2 Å². The number of para-hydroxylation sites is 1. The van der Waals surface area contributed by atoms with Gasteiger partial charge < -0.3 is 19.9 Å². The minimum atomic E-state index is 0. The predicted molar refractivity (Wildman–Crippen MR) is 136 cm³/mol. The number of nitrogens with one attached hydrogen (secondary N) is 1.